The van der Waals surface area contributed by atoms with Crippen molar-refractivity contribution in [3.63, 3.8) is 0 Å². The van der Waals surface area contributed by atoms with E-state index in [4.69, 9.17) is 11.6 Å². The molecule has 5 rings (SSSR count). The molecule has 0 bridgehead atoms. The highest BCUT2D eigenvalue weighted by molar-refractivity contribution is 7.79. The van der Waals surface area contributed by atoms with Crippen molar-refractivity contribution in [1.29, 1.82) is 0 Å². The Bertz CT molecular complexity index is 1470. The molecule has 0 heterocycles. The molecule has 1 atom stereocenters. The summed E-state index contributed by atoms with van der Waals surface area (Å²) in [5.41, 5.74) is -0.235. The van der Waals surface area contributed by atoms with Crippen LogP contribution in [0.2, 0.25) is 5.02 Å². The predicted molar refractivity (Wildman–Crippen MR) is 141 cm³/mol. The molecule has 0 unspecified atom stereocenters. The number of rotatable bonds is 6. The number of nitro groups is 1. The Morgan fingerprint density at radius 3 is 1.68 bits per heavy atom. The highest BCUT2D eigenvalue weighted by Crippen LogP contribution is 2.59. The lowest BCUT2D eigenvalue weighted by atomic mass is 10.1. The van der Waals surface area contributed by atoms with Gasteiger partial charge in [0.25, 0.3) is 0 Å². The van der Waals surface area contributed by atoms with E-state index >= 15 is 4.57 Å². The Balaban J connectivity index is 1.91. The van der Waals surface area contributed by atoms with E-state index in [0.29, 0.717) is 21.2 Å². The average molecular weight is 486 g/mol. The molecule has 168 valence electrons. The number of fused-ring (bicyclic) bond motifs is 2. The SMILES string of the molecule is O=[N+]([O-])C[C@@H](c1ccc(Cl)cc1)P(=O)(c1cccc2ccccc12)c1cccc2ccccc12. The largest absolute Gasteiger partial charge is 0.313 e. The van der Waals surface area contributed by atoms with E-state index in [0.717, 1.165) is 21.5 Å². The second-order valence-electron chi connectivity index (χ2n) is 8.24. The second kappa shape index (κ2) is 9.06. The van der Waals surface area contributed by atoms with E-state index in [1.807, 2.05) is 84.9 Å². The van der Waals surface area contributed by atoms with Gasteiger partial charge in [-0.25, -0.2) is 0 Å². The summed E-state index contributed by atoms with van der Waals surface area (Å²) in [5, 5.41) is 17.3. The van der Waals surface area contributed by atoms with Gasteiger partial charge in [-0.3, -0.25) is 10.1 Å². The summed E-state index contributed by atoms with van der Waals surface area (Å²) in [6.07, 6.45) is 0. The van der Waals surface area contributed by atoms with Crippen LogP contribution in [0.15, 0.2) is 109 Å². The van der Waals surface area contributed by atoms with Crippen LogP contribution in [0.25, 0.3) is 21.5 Å². The fourth-order valence-corrected chi connectivity index (χ4v) is 8.47. The zero-order chi connectivity index (χ0) is 23.7. The number of nitrogens with zero attached hydrogens (tertiary/aromatic N) is 1. The van der Waals surface area contributed by atoms with Gasteiger partial charge < -0.3 is 4.57 Å². The molecule has 0 radical (unpaired) electrons. The van der Waals surface area contributed by atoms with E-state index in [-0.39, 0.29) is 4.92 Å². The number of halogens is 1. The van der Waals surface area contributed by atoms with Crippen LogP contribution in [-0.4, -0.2) is 11.5 Å². The quantitative estimate of drug-likeness (QED) is 0.148. The minimum absolute atomic E-state index is 0.373. The first-order valence-electron chi connectivity index (χ1n) is 10.9. The first-order chi connectivity index (χ1) is 16.5. The average Bonchev–Trinajstić information content (AvgIpc) is 2.86. The van der Waals surface area contributed by atoms with E-state index in [9.17, 15) is 10.1 Å². The number of hydrogen-bond donors (Lipinski definition) is 0. The highest BCUT2D eigenvalue weighted by atomic mass is 35.5. The Labute approximate surface area is 202 Å². The molecule has 6 heteroatoms. The summed E-state index contributed by atoms with van der Waals surface area (Å²) in [6, 6.07) is 33.8. The molecule has 0 aromatic heterocycles. The van der Waals surface area contributed by atoms with Crippen LogP contribution >= 0.6 is 18.7 Å². The van der Waals surface area contributed by atoms with Gasteiger partial charge in [0.1, 0.15) is 5.66 Å². The third kappa shape index (κ3) is 3.90. The van der Waals surface area contributed by atoms with Gasteiger partial charge in [-0.2, -0.15) is 0 Å². The molecule has 0 fully saturated rings. The van der Waals surface area contributed by atoms with Crippen molar-refractivity contribution in [1.82, 2.24) is 0 Å². The lowest BCUT2D eigenvalue weighted by Crippen LogP contribution is -2.27. The van der Waals surface area contributed by atoms with Gasteiger partial charge in [-0.05, 0) is 39.2 Å². The predicted octanol–water partition coefficient (Wildman–Crippen LogP) is 6.98. The first-order valence-corrected chi connectivity index (χ1v) is 13.1. The topological polar surface area (TPSA) is 60.2 Å². The third-order valence-corrected chi connectivity index (χ3v) is 10.1. The molecule has 0 saturated heterocycles. The molecule has 4 nitrogen and oxygen atoms in total. The molecule has 0 N–H and O–H groups in total. The van der Waals surface area contributed by atoms with Crippen LogP contribution in [0, 0.1) is 10.1 Å². The van der Waals surface area contributed by atoms with E-state index in [2.05, 4.69) is 0 Å². The molecule has 5 aromatic carbocycles. The number of benzene rings is 5. The Morgan fingerprint density at radius 2 is 1.18 bits per heavy atom. The van der Waals surface area contributed by atoms with E-state index in [1.54, 1.807) is 24.3 Å². The van der Waals surface area contributed by atoms with Crippen LogP contribution < -0.4 is 10.6 Å². The van der Waals surface area contributed by atoms with Crippen molar-refractivity contribution >= 4 is 50.9 Å². The lowest BCUT2D eigenvalue weighted by molar-refractivity contribution is -0.480. The smallest absolute Gasteiger partial charge is 0.218 e. The van der Waals surface area contributed by atoms with Gasteiger partial charge in [0.15, 0.2) is 7.14 Å². The maximum atomic E-state index is 15.6. The van der Waals surface area contributed by atoms with E-state index < -0.39 is 19.3 Å². The standard InChI is InChI=1S/C28H21ClNO3P/c29-23-17-15-22(16-18-23)28(19-30(31)32)34(33,26-13-5-9-20-7-1-3-11-24(20)26)27-14-6-10-21-8-2-4-12-25(21)27/h1-18,28H,19H2/t28-/m0/s1. The van der Waals surface area contributed by atoms with Crippen LogP contribution in [0.3, 0.4) is 0 Å². The van der Waals surface area contributed by atoms with Crippen molar-refractivity contribution < 1.29 is 9.49 Å². The summed E-state index contributed by atoms with van der Waals surface area (Å²) in [7, 11) is -3.60. The Hall–Kier alpha value is -3.46. The van der Waals surface area contributed by atoms with Crippen molar-refractivity contribution in [3.05, 3.63) is 130 Å². The summed E-state index contributed by atoms with van der Waals surface area (Å²) in [6.45, 7) is -0.467. The van der Waals surface area contributed by atoms with Crippen molar-refractivity contribution in [3.8, 4) is 0 Å². The summed E-state index contributed by atoms with van der Waals surface area (Å²) < 4.78 is 15.6. The molecule has 0 saturated carbocycles. The fraction of sp³-hybridized carbons (Fsp3) is 0.0714. The Kier molecular flexibility index (Phi) is 5.95. The normalized spacial score (nSPS) is 12.6. The minimum atomic E-state index is -3.60. The van der Waals surface area contributed by atoms with Gasteiger partial charge in [-0.15, -0.1) is 0 Å². The van der Waals surface area contributed by atoms with Crippen molar-refractivity contribution in [2.24, 2.45) is 0 Å². The van der Waals surface area contributed by atoms with Crippen LogP contribution in [0.5, 0.6) is 0 Å². The summed E-state index contributed by atoms with van der Waals surface area (Å²) >= 11 is 6.12. The molecular formula is C28H21ClNO3P. The number of hydrogen-bond acceptors (Lipinski definition) is 3. The molecular weight excluding hydrogens is 465 g/mol. The van der Waals surface area contributed by atoms with Crippen molar-refractivity contribution in [2.75, 3.05) is 6.54 Å². The van der Waals surface area contributed by atoms with Crippen LogP contribution in [-0.2, 0) is 4.57 Å². The van der Waals surface area contributed by atoms with Gasteiger partial charge in [0.2, 0.25) is 6.54 Å². The monoisotopic (exact) mass is 485 g/mol. The summed E-state index contributed by atoms with van der Waals surface area (Å²) in [5.74, 6) is 0. The zero-order valence-electron chi connectivity index (χ0n) is 18.2. The maximum absolute atomic E-state index is 15.6. The molecule has 0 aliphatic carbocycles. The Morgan fingerprint density at radius 1 is 0.706 bits per heavy atom. The molecule has 0 spiro atoms. The van der Waals surface area contributed by atoms with Crippen LogP contribution in [0.1, 0.15) is 11.2 Å². The van der Waals surface area contributed by atoms with Crippen molar-refractivity contribution in [2.45, 2.75) is 5.66 Å². The highest BCUT2D eigenvalue weighted by Gasteiger charge is 2.42. The molecule has 0 amide bonds. The first kappa shape index (κ1) is 22.3. The van der Waals surface area contributed by atoms with E-state index in [1.165, 1.54) is 0 Å². The van der Waals surface area contributed by atoms with Gasteiger partial charge in [0, 0.05) is 20.6 Å². The molecule has 34 heavy (non-hydrogen) atoms. The fourth-order valence-electron chi connectivity index (χ4n) is 4.72. The van der Waals surface area contributed by atoms with Gasteiger partial charge in [-0.1, -0.05) is 109 Å². The second-order valence-corrected chi connectivity index (χ2v) is 11.6. The minimum Gasteiger partial charge on any atom is -0.313 e. The molecule has 5 aromatic rings. The molecule has 0 aliphatic rings. The van der Waals surface area contributed by atoms with Gasteiger partial charge >= 0.3 is 0 Å². The zero-order valence-corrected chi connectivity index (χ0v) is 19.8. The molecule has 0 aliphatic heterocycles. The lowest BCUT2D eigenvalue weighted by Gasteiger charge is -2.29. The van der Waals surface area contributed by atoms with Gasteiger partial charge in [0.05, 0.1) is 0 Å². The summed E-state index contributed by atoms with van der Waals surface area (Å²) in [4.78, 5) is 11.6. The van der Waals surface area contributed by atoms with Crippen LogP contribution in [0.4, 0.5) is 0 Å². The maximum Gasteiger partial charge on any atom is 0.218 e. The third-order valence-electron chi connectivity index (χ3n) is 6.26.